The zero-order chi connectivity index (χ0) is 21.3. The maximum absolute atomic E-state index is 12.6. The smallest absolute Gasteiger partial charge is 0.363 e. The summed E-state index contributed by atoms with van der Waals surface area (Å²) in [6.07, 6.45) is 0. The van der Waals surface area contributed by atoms with Crippen LogP contribution in [0.5, 0.6) is 0 Å². The molecule has 1 aliphatic rings. The van der Waals surface area contributed by atoms with E-state index < -0.39 is 33.5 Å². The molecule has 2 aromatic heterocycles. The van der Waals surface area contributed by atoms with Crippen molar-refractivity contribution < 1.29 is 27.4 Å². The van der Waals surface area contributed by atoms with Crippen LogP contribution in [-0.2, 0) is 31.8 Å². The molecule has 15 nitrogen and oxygen atoms in total. The number of nitrogens with two attached hydrogens (primary N) is 1. The van der Waals surface area contributed by atoms with Gasteiger partial charge in [0.25, 0.3) is 11.8 Å². The van der Waals surface area contributed by atoms with Crippen LogP contribution in [0.2, 0.25) is 0 Å². The largest absolute Gasteiger partial charge is 0.398 e. The van der Waals surface area contributed by atoms with Crippen molar-refractivity contribution in [2.75, 3.05) is 12.8 Å². The Morgan fingerprint density at radius 1 is 1.52 bits per heavy atom. The quantitative estimate of drug-likeness (QED) is 0.174. The molecule has 18 heteroatoms. The Hall–Kier alpha value is -2.83. The van der Waals surface area contributed by atoms with E-state index >= 15 is 0 Å². The lowest BCUT2D eigenvalue weighted by atomic mass is 10.1. The molecule has 1 aliphatic heterocycles. The van der Waals surface area contributed by atoms with Gasteiger partial charge in [0.15, 0.2) is 10.8 Å². The van der Waals surface area contributed by atoms with E-state index in [0.717, 1.165) is 23.1 Å². The van der Waals surface area contributed by atoms with Gasteiger partial charge in [0.05, 0.1) is 0 Å². The Morgan fingerprint density at radius 2 is 2.24 bits per heavy atom. The zero-order valence-corrected chi connectivity index (χ0v) is 17.1. The first-order valence-electron chi connectivity index (χ1n) is 7.46. The number of hydrogen-bond donors (Lipinski definition) is 3. The summed E-state index contributed by atoms with van der Waals surface area (Å²) in [7, 11) is -2.18. The monoisotopic (exact) mass is 463 g/mol. The average Bonchev–Trinajstić information content (AvgIpc) is 3.24. The number of carbonyl (C=O) groups excluding carboxylic acids is 2. The van der Waals surface area contributed by atoms with E-state index in [1.807, 2.05) is 0 Å². The number of aromatic nitrogens is 5. The van der Waals surface area contributed by atoms with E-state index in [-0.39, 0.29) is 26.0 Å². The second-order valence-electron chi connectivity index (χ2n) is 5.35. The molecule has 3 rings (SSSR count). The summed E-state index contributed by atoms with van der Waals surface area (Å²) in [5.41, 5.74) is 5.38. The van der Waals surface area contributed by atoms with Crippen molar-refractivity contribution in [3.8, 4) is 0 Å². The molecule has 0 radical (unpaired) electrons. The molecule has 2 aromatic rings. The molecule has 1 saturated heterocycles. The summed E-state index contributed by atoms with van der Waals surface area (Å²) in [5.74, 6) is -1.92. The Morgan fingerprint density at radius 3 is 2.76 bits per heavy atom. The first-order chi connectivity index (χ1) is 13.6. The van der Waals surface area contributed by atoms with Gasteiger partial charge in [-0.05, 0) is 10.4 Å². The van der Waals surface area contributed by atoms with E-state index in [9.17, 15) is 22.6 Å². The van der Waals surface area contributed by atoms with Gasteiger partial charge in [0.2, 0.25) is 5.16 Å². The van der Waals surface area contributed by atoms with Crippen LogP contribution in [0.25, 0.3) is 0 Å². The number of rotatable bonds is 7. The Bertz CT molecular complexity index is 1080. The van der Waals surface area contributed by atoms with E-state index in [0.29, 0.717) is 0 Å². The predicted octanol–water partition coefficient (Wildman–Crippen LogP) is -2.15. The summed E-state index contributed by atoms with van der Waals surface area (Å²) in [6, 6.07) is -1.33. The maximum atomic E-state index is 12.6. The van der Waals surface area contributed by atoms with Crippen LogP contribution >= 0.6 is 23.1 Å². The zero-order valence-electron chi connectivity index (χ0n) is 14.7. The molecule has 1 fully saturated rings. The van der Waals surface area contributed by atoms with Gasteiger partial charge in [-0.2, -0.15) is 12.7 Å². The molecular formula is C11H13N9O6S3. The molecule has 156 valence electrons. The number of β-lactam (4-membered cyclic amide) rings is 1. The lowest BCUT2D eigenvalue weighted by Crippen LogP contribution is -2.71. The Kier molecular flexibility index (Phi) is 5.68. The number of oxime groups is 1. The molecule has 0 unspecified atom stereocenters. The van der Waals surface area contributed by atoms with Gasteiger partial charge in [0, 0.05) is 12.4 Å². The van der Waals surface area contributed by atoms with Gasteiger partial charge in [-0.3, -0.25) is 14.1 Å². The van der Waals surface area contributed by atoms with Gasteiger partial charge in [0.1, 0.15) is 24.2 Å². The van der Waals surface area contributed by atoms with Crippen molar-refractivity contribution >= 4 is 56.1 Å². The van der Waals surface area contributed by atoms with Crippen LogP contribution in [0.4, 0.5) is 5.13 Å². The first kappa shape index (κ1) is 20.9. The summed E-state index contributed by atoms with van der Waals surface area (Å²) in [5, 5.41) is 17.2. The van der Waals surface area contributed by atoms with Crippen LogP contribution in [0.3, 0.4) is 0 Å². The number of nitrogen functional groups attached to an aromatic ring is 1. The minimum absolute atomic E-state index is 0.104. The van der Waals surface area contributed by atoms with Crippen LogP contribution in [-0.4, -0.2) is 78.5 Å². The summed E-state index contributed by atoms with van der Waals surface area (Å²) in [4.78, 5) is 33.5. The predicted molar refractivity (Wildman–Crippen MR) is 98.8 cm³/mol. The number of anilines is 1. The lowest BCUT2D eigenvalue weighted by molar-refractivity contribution is -0.140. The highest BCUT2D eigenvalue weighted by Crippen LogP contribution is 2.35. The van der Waals surface area contributed by atoms with Crippen molar-refractivity contribution in [3.05, 3.63) is 11.1 Å². The molecule has 0 saturated carbocycles. The summed E-state index contributed by atoms with van der Waals surface area (Å²) >= 11 is 1.81. The summed E-state index contributed by atoms with van der Waals surface area (Å²) < 4.78 is 33.9. The van der Waals surface area contributed by atoms with Crippen molar-refractivity contribution in [2.45, 2.75) is 16.6 Å². The van der Waals surface area contributed by atoms with Gasteiger partial charge < -0.3 is 15.9 Å². The second kappa shape index (κ2) is 7.89. The molecule has 0 spiro atoms. The van der Waals surface area contributed by atoms with Gasteiger partial charge in [-0.15, -0.1) is 16.4 Å². The number of thiazole rings is 1. The SMILES string of the molecule is CO/N=C(\C(=O)N[C@@H]1C(=O)N(S(=O)(=O)O)[C@@H]1Sc1nnnn1C)c1csc(N)n1. The minimum atomic E-state index is -4.88. The molecular weight excluding hydrogens is 450 g/mol. The lowest BCUT2D eigenvalue weighted by Gasteiger charge is -2.42. The number of nitrogens with one attached hydrogen (secondary N) is 1. The van der Waals surface area contributed by atoms with E-state index in [1.165, 1.54) is 24.2 Å². The van der Waals surface area contributed by atoms with E-state index in [1.54, 1.807) is 0 Å². The molecule has 0 aromatic carbocycles. The fraction of sp³-hybridized carbons (Fsp3) is 0.364. The van der Waals surface area contributed by atoms with Crippen LogP contribution in [0.15, 0.2) is 15.7 Å². The third-order valence-corrected chi connectivity index (χ3v) is 6.50. The molecule has 4 N–H and O–H groups in total. The van der Waals surface area contributed by atoms with Crippen LogP contribution < -0.4 is 11.1 Å². The van der Waals surface area contributed by atoms with Crippen molar-refractivity contribution in [1.29, 1.82) is 0 Å². The van der Waals surface area contributed by atoms with Crippen molar-refractivity contribution in [3.63, 3.8) is 0 Å². The van der Waals surface area contributed by atoms with E-state index in [4.69, 9.17) is 5.73 Å². The topological polar surface area (TPSA) is 208 Å². The number of hydrogen-bond acceptors (Lipinski definition) is 13. The summed E-state index contributed by atoms with van der Waals surface area (Å²) in [6.45, 7) is 0. The number of aryl methyl sites for hydroxylation is 1. The third-order valence-electron chi connectivity index (χ3n) is 3.50. The molecule has 3 heterocycles. The number of carbonyl (C=O) groups is 2. The standard InChI is InChI=1S/C11H13N9O6S3/c1-19-11(15-17-18-19)28-9-6(8(22)20(9)29(23,24)25)14-7(21)5(16-26-2)4-3-27-10(12)13-4/h3,6,9H,1-2H3,(H2,12,13)(H,14,21)(H,23,24,25)/b16-5-/t6-,9-/m1/s1. The van der Waals surface area contributed by atoms with Gasteiger partial charge in [-0.25, -0.2) is 9.67 Å². The highest BCUT2D eigenvalue weighted by Gasteiger charge is 2.55. The highest BCUT2D eigenvalue weighted by atomic mass is 32.2. The molecule has 0 bridgehead atoms. The third kappa shape index (κ3) is 4.13. The number of amides is 2. The van der Waals surface area contributed by atoms with Crippen LogP contribution in [0.1, 0.15) is 5.69 Å². The van der Waals surface area contributed by atoms with Crippen molar-refractivity contribution in [2.24, 2.45) is 12.2 Å². The number of tetrazole rings is 1. The van der Waals surface area contributed by atoms with E-state index in [2.05, 4.69) is 35.8 Å². The highest BCUT2D eigenvalue weighted by molar-refractivity contribution is 8.00. The minimum Gasteiger partial charge on any atom is -0.398 e. The molecule has 2 atom stereocenters. The first-order valence-corrected chi connectivity index (χ1v) is 10.6. The maximum Gasteiger partial charge on any atom is 0.363 e. The Balaban J connectivity index is 1.85. The number of thioether (sulfide) groups is 1. The normalized spacial score (nSPS) is 19.8. The fourth-order valence-corrected chi connectivity index (χ4v) is 5.00. The number of nitrogens with zero attached hydrogens (tertiary/aromatic N) is 7. The van der Waals surface area contributed by atoms with Gasteiger partial charge in [-0.1, -0.05) is 16.9 Å². The Labute approximate surface area is 171 Å². The molecule has 0 aliphatic carbocycles. The average molecular weight is 463 g/mol. The van der Waals surface area contributed by atoms with Crippen LogP contribution in [0, 0.1) is 0 Å². The fourth-order valence-electron chi connectivity index (χ4n) is 2.26. The van der Waals surface area contributed by atoms with Gasteiger partial charge >= 0.3 is 10.3 Å². The molecule has 2 amide bonds. The van der Waals surface area contributed by atoms with Crippen molar-refractivity contribution in [1.82, 2.24) is 34.8 Å². The second-order valence-corrected chi connectivity index (χ2v) is 8.61. The molecule has 29 heavy (non-hydrogen) atoms.